The van der Waals surface area contributed by atoms with Crippen molar-refractivity contribution in [2.24, 2.45) is 7.05 Å². The number of rotatable bonds is 6. The van der Waals surface area contributed by atoms with Crippen LogP contribution in [0, 0.1) is 6.92 Å². The largest absolute Gasteiger partial charge is 0.347 e. The maximum absolute atomic E-state index is 13.0. The highest BCUT2D eigenvalue weighted by Gasteiger charge is 2.26. The molecule has 9 heteroatoms. The third-order valence-electron chi connectivity index (χ3n) is 5.72. The molecule has 1 N–H and O–H groups in total. The van der Waals surface area contributed by atoms with E-state index in [0.29, 0.717) is 32.9 Å². The number of aromatic nitrogens is 2. The minimum atomic E-state index is -3.76. The molecule has 0 bridgehead atoms. The molecule has 0 atom stereocenters. The lowest BCUT2D eigenvalue weighted by atomic mass is 10.0. The molecule has 2 aromatic heterocycles. The minimum Gasteiger partial charge on any atom is -0.347 e. The van der Waals surface area contributed by atoms with Gasteiger partial charge in [0.1, 0.15) is 14.8 Å². The van der Waals surface area contributed by atoms with Crippen LogP contribution in [-0.2, 0) is 17.1 Å². The van der Waals surface area contributed by atoms with Crippen LogP contribution < -0.4 is 4.72 Å². The van der Waals surface area contributed by atoms with E-state index in [-0.39, 0.29) is 10.8 Å². The molecule has 7 nitrogen and oxygen atoms in total. The van der Waals surface area contributed by atoms with E-state index in [1.807, 2.05) is 24.0 Å². The van der Waals surface area contributed by atoms with Gasteiger partial charge in [0, 0.05) is 32.0 Å². The van der Waals surface area contributed by atoms with Crippen molar-refractivity contribution in [3.63, 3.8) is 0 Å². The first kappa shape index (κ1) is 22.5. The molecule has 4 rings (SSSR count). The number of aryl methyl sites for hydroxylation is 2. The predicted molar refractivity (Wildman–Crippen MR) is 128 cm³/mol. The van der Waals surface area contributed by atoms with Crippen molar-refractivity contribution < 1.29 is 13.2 Å². The standard InChI is InChI=1S/C23H28N4O3S2/c1-15(2)17-7-9-18(10-8-17)25-32(29,30)19-13-20(26(4)14-19)22-24-16(3)21(31-22)23(28)27-11-5-6-12-27/h7-10,13-15,25H,5-6,11-12H2,1-4H3. The van der Waals surface area contributed by atoms with E-state index < -0.39 is 10.0 Å². The average molecular weight is 473 g/mol. The van der Waals surface area contributed by atoms with Crippen LogP contribution in [0.3, 0.4) is 0 Å². The average Bonchev–Trinajstić information content (AvgIpc) is 3.47. The van der Waals surface area contributed by atoms with Crippen molar-refractivity contribution in [1.29, 1.82) is 0 Å². The number of thiazole rings is 1. The SMILES string of the molecule is Cc1nc(-c2cc(S(=O)(=O)Nc3ccc(C(C)C)cc3)cn2C)sc1C(=O)N1CCCC1. The number of hydrogen-bond donors (Lipinski definition) is 1. The van der Waals surface area contributed by atoms with Crippen molar-refractivity contribution in [3.05, 3.63) is 52.7 Å². The first-order valence-electron chi connectivity index (χ1n) is 10.7. The second-order valence-corrected chi connectivity index (χ2v) is 11.2. The van der Waals surface area contributed by atoms with Crippen LogP contribution in [0.2, 0.25) is 0 Å². The molecular weight excluding hydrogens is 444 g/mol. The Labute approximate surface area is 193 Å². The summed E-state index contributed by atoms with van der Waals surface area (Å²) in [5.41, 5.74) is 3.00. The highest BCUT2D eigenvalue weighted by atomic mass is 32.2. The number of likely N-dealkylation sites (tertiary alicyclic amines) is 1. The summed E-state index contributed by atoms with van der Waals surface area (Å²) in [6.45, 7) is 7.57. The van der Waals surface area contributed by atoms with Crippen LogP contribution in [0.1, 0.15) is 53.5 Å². The van der Waals surface area contributed by atoms with Gasteiger partial charge in [-0.15, -0.1) is 11.3 Å². The van der Waals surface area contributed by atoms with Gasteiger partial charge in [0.15, 0.2) is 0 Å². The molecule has 170 valence electrons. The smallest absolute Gasteiger partial charge is 0.265 e. The molecule has 3 aromatic rings. The molecule has 1 amide bonds. The van der Waals surface area contributed by atoms with Gasteiger partial charge in [0.05, 0.1) is 11.4 Å². The van der Waals surface area contributed by atoms with Gasteiger partial charge >= 0.3 is 0 Å². The van der Waals surface area contributed by atoms with E-state index in [2.05, 4.69) is 23.6 Å². The zero-order chi connectivity index (χ0) is 23.0. The summed E-state index contributed by atoms with van der Waals surface area (Å²) in [5.74, 6) is 0.388. The molecular formula is C23H28N4O3S2. The Morgan fingerprint density at radius 1 is 1.16 bits per heavy atom. The molecule has 0 aliphatic carbocycles. The van der Waals surface area contributed by atoms with Gasteiger partial charge in [0.25, 0.3) is 15.9 Å². The molecule has 32 heavy (non-hydrogen) atoms. The molecule has 0 unspecified atom stereocenters. The molecule has 1 fully saturated rings. The molecule has 1 aliphatic rings. The van der Waals surface area contributed by atoms with Gasteiger partial charge in [-0.1, -0.05) is 26.0 Å². The lowest BCUT2D eigenvalue weighted by molar-refractivity contribution is 0.0796. The van der Waals surface area contributed by atoms with E-state index >= 15 is 0 Å². The van der Waals surface area contributed by atoms with Crippen molar-refractivity contribution >= 4 is 33.0 Å². The van der Waals surface area contributed by atoms with Gasteiger partial charge in [0.2, 0.25) is 0 Å². The fraction of sp³-hybridized carbons (Fsp3) is 0.391. The molecule has 1 aromatic carbocycles. The van der Waals surface area contributed by atoms with E-state index in [4.69, 9.17) is 0 Å². The first-order chi connectivity index (χ1) is 15.2. The number of carbonyl (C=O) groups excluding carboxylic acids is 1. The number of benzene rings is 1. The quantitative estimate of drug-likeness (QED) is 0.567. The third-order valence-corrected chi connectivity index (χ3v) is 8.24. The Hall–Kier alpha value is -2.65. The molecule has 0 spiro atoms. The highest BCUT2D eigenvalue weighted by Crippen LogP contribution is 2.32. The lowest BCUT2D eigenvalue weighted by Gasteiger charge is -2.13. The number of nitrogens with one attached hydrogen (secondary N) is 1. The van der Waals surface area contributed by atoms with Crippen LogP contribution in [0.5, 0.6) is 0 Å². The fourth-order valence-corrected chi connectivity index (χ4v) is 6.03. The number of anilines is 1. The van der Waals surface area contributed by atoms with Crippen LogP contribution in [0.4, 0.5) is 5.69 Å². The second-order valence-electron chi connectivity index (χ2n) is 8.49. The van der Waals surface area contributed by atoms with Crippen molar-refractivity contribution in [1.82, 2.24) is 14.5 Å². The van der Waals surface area contributed by atoms with Crippen molar-refractivity contribution in [2.75, 3.05) is 17.8 Å². The molecule has 0 radical (unpaired) electrons. The molecule has 0 saturated carbocycles. The highest BCUT2D eigenvalue weighted by molar-refractivity contribution is 7.92. The molecule has 1 aliphatic heterocycles. The van der Waals surface area contributed by atoms with Gasteiger partial charge in [-0.25, -0.2) is 13.4 Å². The maximum atomic E-state index is 13.0. The first-order valence-corrected chi connectivity index (χ1v) is 13.0. The Morgan fingerprint density at radius 2 is 1.81 bits per heavy atom. The van der Waals surface area contributed by atoms with Crippen molar-refractivity contribution in [2.45, 2.75) is 44.4 Å². The summed E-state index contributed by atoms with van der Waals surface area (Å²) in [6.07, 6.45) is 3.63. The number of hydrogen-bond acceptors (Lipinski definition) is 5. The van der Waals surface area contributed by atoms with Gasteiger partial charge in [-0.05, 0) is 49.4 Å². The Balaban J connectivity index is 1.58. The maximum Gasteiger partial charge on any atom is 0.265 e. The van der Waals surface area contributed by atoms with Gasteiger partial charge in [-0.3, -0.25) is 9.52 Å². The van der Waals surface area contributed by atoms with E-state index in [9.17, 15) is 13.2 Å². The number of nitrogens with zero attached hydrogens (tertiary/aromatic N) is 3. The molecule has 1 saturated heterocycles. The summed E-state index contributed by atoms with van der Waals surface area (Å²) >= 11 is 1.32. The number of carbonyl (C=O) groups is 1. The Morgan fingerprint density at radius 3 is 2.44 bits per heavy atom. The summed E-state index contributed by atoms with van der Waals surface area (Å²) in [6, 6.07) is 9.01. The fourth-order valence-electron chi connectivity index (χ4n) is 3.81. The van der Waals surface area contributed by atoms with Gasteiger partial charge < -0.3 is 9.47 Å². The van der Waals surface area contributed by atoms with Crippen molar-refractivity contribution in [3.8, 4) is 10.7 Å². The molecule has 3 heterocycles. The normalized spacial score (nSPS) is 14.3. The Bertz CT molecular complexity index is 1230. The summed E-state index contributed by atoms with van der Waals surface area (Å²) < 4.78 is 30.3. The Kier molecular flexibility index (Phi) is 6.13. The van der Waals surface area contributed by atoms with Crippen LogP contribution >= 0.6 is 11.3 Å². The van der Waals surface area contributed by atoms with E-state index in [0.717, 1.165) is 31.5 Å². The van der Waals surface area contributed by atoms with Crippen LogP contribution in [0.25, 0.3) is 10.7 Å². The monoisotopic (exact) mass is 472 g/mol. The van der Waals surface area contributed by atoms with E-state index in [1.165, 1.54) is 11.3 Å². The minimum absolute atomic E-state index is 0.0114. The summed E-state index contributed by atoms with van der Waals surface area (Å²) in [7, 11) is -1.98. The summed E-state index contributed by atoms with van der Waals surface area (Å²) in [4.78, 5) is 20.0. The zero-order valence-corrected chi connectivity index (χ0v) is 20.4. The zero-order valence-electron chi connectivity index (χ0n) is 18.8. The summed E-state index contributed by atoms with van der Waals surface area (Å²) in [5, 5.41) is 0.635. The second kappa shape index (κ2) is 8.71. The van der Waals surface area contributed by atoms with E-state index in [1.54, 1.807) is 36.0 Å². The van der Waals surface area contributed by atoms with Crippen LogP contribution in [0.15, 0.2) is 41.4 Å². The van der Waals surface area contributed by atoms with Gasteiger partial charge in [-0.2, -0.15) is 0 Å². The predicted octanol–water partition coefficient (Wildman–Crippen LogP) is 4.62. The lowest BCUT2D eigenvalue weighted by Crippen LogP contribution is -2.27. The topological polar surface area (TPSA) is 84.3 Å². The number of amides is 1. The number of sulfonamides is 1. The third kappa shape index (κ3) is 4.45. The van der Waals surface area contributed by atoms with Crippen LogP contribution in [-0.4, -0.2) is 41.9 Å².